The Morgan fingerprint density at radius 1 is 1.53 bits per heavy atom. The molecule has 4 unspecified atom stereocenters. The summed E-state index contributed by atoms with van der Waals surface area (Å²) in [7, 11) is 0. The maximum absolute atomic E-state index is 11.8. The summed E-state index contributed by atoms with van der Waals surface area (Å²) in [6, 6.07) is 0. The summed E-state index contributed by atoms with van der Waals surface area (Å²) in [5.74, 6) is 0.396. The predicted molar refractivity (Wildman–Crippen MR) is 62.0 cm³/mol. The van der Waals surface area contributed by atoms with Crippen LogP contribution in [0.4, 0.5) is 0 Å². The van der Waals surface area contributed by atoms with Gasteiger partial charge in [-0.15, -0.1) is 11.6 Å². The van der Waals surface area contributed by atoms with E-state index in [1.807, 2.05) is 13.8 Å². The fourth-order valence-corrected chi connectivity index (χ4v) is 2.46. The molecule has 1 rings (SSSR count). The molecule has 88 valence electrons. The van der Waals surface area contributed by atoms with Gasteiger partial charge in [0.1, 0.15) is 0 Å². The lowest BCUT2D eigenvalue weighted by Gasteiger charge is -2.30. The first kappa shape index (κ1) is 12.8. The average Bonchev–Trinajstić information content (AvgIpc) is 2.17. The lowest BCUT2D eigenvalue weighted by molar-refractivity contribution is -0.156. The van der Waals surface area contributed by atoms with Crippen molar-refractivity contribution in [3.05, 3.63) is 0 Å². The normalized spacial score (nSPS) is 33.5. The zero-order valence-electron chi connectivity index (χ0n) is 9.83. The number of ether oxygens (including phenoxy) is 1. The minimum Gasteiger partial charge on any atom is -0.462 e. The van der Waals surface area contributed by atoms with Crippen LogP contribution in [0.2, 0.25) is 0 Å². The second-order valence-electron chi connectivity index (χ2n) is 4.65. The van der Waals surface area contributed by atoms with Crippen LogP contribution in [0.15, 0.2) is 0 Å². The number of rotatable bonds is 3. The highest BCUT2D eigenvalue weighted by molar-refractivity contribution is 6.20. The second-order valence-corrected chi connectivity index (χ2v) is 5.27. The van der Waals surface area contributed by atoms with Crippen molar-refractivity contribution in [2.75, 3.05) is 0 Å². The Kier molecular flexibility index (Phi) is 4.91. The molecule has 0 bridgehead atoms. The molecule has 0 aromatic heterocycles. The maximum atomic E-state index is 11.8. The Bertz CT molecular complexity index is 218. The predicted octanol–water partition coefficient (Wildman–Crippen LogP) is 3.37. The van der Waals surface area contributed by atoms with Crippen LogP contribution in [0.25, 0.3) is 0 Å². The van der Waals surface area contributed by atoms with Crippen molar-refractivity contribution in [2.45, 2.75) is 57.9 Å². The number of esters is 1. The summed E-state index contributed by atoms with van der Waals surface area (Å²) in [4.78, 5) is 11.8. The van der Waals surface area contributed by atoms with E-state index in [0.717, 1.165) is 25.7 Å². The van der Waals surface area contributed by atoms with Crippen molar-refractivity contribution in [1.82, 2.24) is 0 Å². The van der Waals surface area contributed by atoms with Gasteiger partial charge in [-0.1, -0.05) is 13.8 Å². The Morgan fingerprint density at radius 2 is 2.20 bits per heavy atom. The molecule has 1 aliphatic carbocycles. The van der Waals surface area contributed by atoms with Crippen molar-refractivity contribution in [2.24, 2.45) is 11.8 Å². The fraction of sp³-hybridized carbons (Fsp3) is 0.917. The van der Waals surface area contributed by atoms with E-state index in [9.17, 15) is 4.79 Å². The van der Waals surface area contributed by atoms with E-state index in [-0.39, 0.29) is 23.4 Å². The van der Waals surface area contributed by atoms with E-state index in [4.69, 9.17) is 16.3 Å². The Labute approximate surface area is 97.3 Å². The summed E-state index contributed by atoms with van der Waals surface area (Å²) in [6.45, 7) is 6.06. The van der Waals surface area contributed by atoms with Gasteiger partial charge in [0, 0.05) is 5.38 Å². The molecule has 3 heteroatoms. The maximum Gasteiger partial charge on any atom is 0.309 e. The fourth-order valence-electron chi connectivity index (χ4n) is 2.05. The summed E-state index contributed by atoms with van der Waals surface area (Å²) >= 11 is 6.06. The second kappa shape index (κ2) is 5.74. The van der Waals surface area contributed by atoms with Crippen molar-refractivity contribution in [1.29, 1.82) is 0 Å². The molecule has 0 heterocycles. The third kappa shape index (κ3) is 3.67. The minimum atomic E-state index is -0.0274. The van der Waals surface area contributed by atoms with Crippen LogP contribution in [0, 0.1) is 11.8 Å². The molecule has 0 spiro atoms. The van der Waals surface area contributed by atoms with Gasteiger partial charge in [-0.3, -0.25) is 4.79 Å². The molecule has 1 aliphatic rings. The first-order valence-electron chi connectivity index (χ1n) is 5.89. The van der Waals surface area contributed by atoms with Crippen molar-refractivity contribution < 1.29 is 9.53 Å². The van der Waals surface area contributed by atoms with Crippen LogP contribution in [0.1, 0.15) is 46.5 Å². The van der Waals surface area contributed by atoms with Crippen LogP contribution >= 0.6 is 11.6 Å². The molecule has 4 atom stereocenters. The van der Waals surface area contributed by atoms with E-state index in [2.05, 4.69) is 6.92 Å². The molecular formula is C12H21ClO2. The van der Waals surface area contributed by atoms with E-state index >= 15 is 0 Å². The molecule has 0 amide bonds. The van der Waals surface area contributed by atoms with Gasteiger partial charge >= 0.3 is 5.97 Å². The average molecular weight is 233 g/mol. The molecule has 1 fully saturated rings. The first-order chi connectivity index (χ1) is 7.04. The Morgan fingerprint density at radius 3 is 2.73 bits per heavy atom. The lowest BCUT2D eigenvalue weighted by atomic mass is 9.80. The zero-order chi connectivity index (χ0) is 11.4. The molecule has 0 radical (unpaired) electrons. The smallest absolute Gasteiger partial charge is 0.309 e. The highest BCUT2D eigenvalue weighted by Gasteiger charge is 2.33. The van der Waals surface area contributed by atoms with E-state index in [1.54, 1.807) is 0 Å². The van der Waals surface area contributed by atoms with E-state index in [1.165, 1.54) is 0 Å². The van der Waals surface area contributed by atoms with Gasteiger partial charge in [0.05, 0.1) is 12.0 Å². The monoisotopic (exact) mass is 232 g/mol. The number of carbonyl (C=O) groups excluding carboxylic acids is 1. The SMILES string of the molecule is CCC(C)OC(=O)C1CCC(Cl)CC1C. The van der Waals surface area contributed by atoms with Crippen molar-refractivity contribution >= 4 is 17.6 Å². The van der Waals surface area contributed by atoms with Crippen molar-refractivity contribution in [3.63, 3.8) is 0 Å². The highest BCUT2D eigenvalue weighted by atomic mass is 35.5. The molecule has 0 aromatic rings. The first-order valence-corrected chi connectivity index (χ1v) is 6.32. The summed E-state index contributed by atoms with van der Waals surface area (Å²) < 4.78 is 5.36. The third-order valence-electron chi connectivity index (χ3n) is 3.30. The highest BCUT2D eigenvalue weighted by Crippen LogP contribution is 2.33. The topological polar surface area (TPSA) is 26.3 Å². The largest absolute Gasteiger partial charge is 0.462 e. The van der Waals surface area contributed by atoms with Gasteiger partial charge in [-0.25, -0.2) is 0 Å². The van der Waals surface area contributed by atoms with Gasteiger partial charge in [-0.2, -0.15) is 0 Å². The Hall–Kier alpha value is -0.240. The molecule has 0 saturated heterocycles. The third-order valence-corrected chi connectivity index (χ3v) is 3.70. The van der Waals surface area contributed by atoms with E-state index in [0.29, 0.717) is 5.92 Å². The molecule has 1 saturated carbocycles. The molecule has 15 heavy (non-hydrogen) atoms. The molecule has 2 nitrogen and oxygen atoms in total. The standard InChI is InChI=1S/C12H21ClO2/c1-4-9(3)15-12(14)11-6-5-10(13)7-8(11)2/h8-11H,4-7H2,1-3H3. The number of carbonyl (C=O) groups is 1. The summed E-state index contributed by atoms with van der Waals surface area (Å²) in [5, 5.41) is 0.243. The molecule has 0 N–H and O–H groups in total. The van der Waals surface area contributed by atoms with Crippen LogP contribution in [0.5, 0.6) is 0 Å². The number of hydrogen-bond acceptors (Lipinski definition) is 2. The number of alkyl halides is 1. The van der Waals surface area contributed by atoms with Crippen molar-refractivity contribution in [3.8, 4) is 0 Å². The molecular weight excluding hydrogens is 212 g/mol. The molecule has 0 aliphatic heterocycles. The number of halogens is 1. The quantitative estimate of drug-likeness (QED) is 0.551. The van der Waals surface area contributed by atoms with Gasteiger partial charge in [0.2, 0.25) is 0 Å². The van der Waals surface area contributed by atoms with Crippen LogP contribution in [-0.4, -0.2) is 17.5 Å². The number of hydrogen-bond donors (Lipinski definition) is 0. The summed E-state index contributed by atoms with van der Waals surface area (Å²) in [6.07, 6.45) is 3.67. The van der Waals surface area contributed by atoms with Crippen LogP contribution in [-0.2, 0) is 9.53 Å². The van der Waals surface area contributed by atoms with Gasteiger partial charge in [0.25, 0.3) is 0 Å². The van der Waals surface area contributed by atoms with E-state index < -0.39 is 0 Å². The van der Waals surface area contributed by atoms with Gasteiger partial charge in [0.15, 0.2) is 0 Å². The van der Waals surface area contributed by atoms with Crippen LogP contribution in [0.3, 0.4) is 0 Å². The zero-order valence-corrected chi connectivity index (χ0v) is 10.6. The van der Waals surface area contributed by atoms with Gasteiger partial charge < -0.3 is 4.74 Å². The Balaban J connectivity index is 2.45. The lowest BCUT2D eigenvalue weighted by Crippen LogP contribution is -2.32. The summed E-state index contributed by atoms with van der Waals surface area (Å²) in [5.41, 5.74) is 0. The molecule has 0 aromatic carbocycles. The van der Waals surface area contributed by atoms with Crippen LogP contribution < -0.4 is 0 Å². The minimum absolute atomic E-state index is 0.0274. The van der Waals surface area contributed by atoms with Gasteiger partial charge in [-0.05, 0) is 38.5 Å².